The van der Waals surface area contributed by atoms with Gasteiger partial charge in [-0.05, 0) is 50.8 Å². The maximum atomic E-state index is 13.4. The number of amides is 1. The van der Waals surface area contributed by atoms with Crippen LogP contribution < -0.4 is 0 Å². The summed E-state index contributed by atoms with van der Waals surface area (Å²) in [5, 5.41) is 0. The lowest BCUT2D eigenvalue weighted by atomic mass is 9.83. The number of rotatable bonds is 3. The third-order valence-corrected chi connectivity index (χ3v) is 7.84. The van der Waals surface area contributed by atoms with Crippen LogP contribution in [0.5, 0.6) is 0 Å². The van der Waals surface area contributed by atoms with Gasteiger partial charge in [-0.2, -0.15) is 0 Å². The van der Waals surface area contributed by atoms with Crippen molar-refractivity contribution in [1.29, 1.82) is 0 Å². The van der Waals surface area contributed by atoms with Crippen LogP contribution in [0.2, 0.25) is 0 Å². The summed E-state index contributed by atoms with van der Waals surface area (Å²) in [6.45, 7) is 8.10. The Kier molecular flexibility index (Phi) is 5.72. The standard InChI is InChI=1S/C32H33NO3/c1-32(2,3)23-10-8-9-21(15-23)22-16-24-18-35-19-25(17-22)33(24)31(34)36-20-30-28-13-6-4-11-26(28)27-12-5-7-14-29(27)30/h4-16,24-25,30H,17-20H2,1-3H3. The molecule has 2 unspecified atom stereocenters. The highest BCUT2D eigenvalue weighted by Gasteiger charge is 2.40. The minimum absolute atomic E-state index is 0.0160. The number of nitrogens with zero attached hydrogens (tertiary/aromatic N) is 1. The Bertz CT molecular complexity index is 1290. The lowest BCUT2D eigenvalue weighted by Crippen LogP contribution is -2.56. The zero-order chi connectivity index (χ0) is 24.9. The maximum Gasteiger partial charge on any atom is 0.410 e. The number of hydrogen-bond donors (Lipinski definition) is 0. The van der Waals surface area contributed by atoms with Crippen molar-refractivity contribution < 1.29 is 14.3 Å². The van der Waals surface area contributed by atoms with Crippen LogP contribution in [0.4, 0.5) is 4.79 Å². The molecule has 2 heterocycles. The van der Waals surface area contributed by atoms with E-state index in [2.05, 4.69) is 99.6 Å². The minimum Gasteiger partial charge on any atom is -0.448 e. The zero-order valence-corrected chi connectivity index (χ0v) is 21.2. The summed E-state index contributed by atoms with van der Waals surface area (Å²) < 4.78 is 11.9. The molecular formula is C32H33NO3. The minimum atomic E-state index is -0.242. The van der Waals surface area contributed by atoms with Gasteiger partial charge >= 0.3 is 6.09 Å². The molecular weight excluding hydrogens is 446 g/mol. The largest absolute Gasteiger partial charge is 0.448 e. The number of fused-ring (bicyclic) bond motifs is 5. The van der Waals surface area contributed by atoms with Gasteiger partial charge in [-0.25, -0.2) is 4.79 Å². The molecule has 0 N–H and O–H groups in total. The monoisotopic (exact) mass is 479 g/mol. The van der Waals surface area contributed by atoms with Crippen molar-refractivity contribution in [3.8, 4) is 11.1 Å². The molecule has 1 amide bonds. The molecule has 3 aliphatic rings. The molecule has 6 rings (SSSR count). The Morgan fingerprint density at radius 3 is 2.31 bits per heavy atom. The highest BCUT2D eigenvalue weighted by atomic mass is 16.6. The quantitative estimate of drug-likeness (QED) is 0.415. The van der Waals surface area contributed by atoms with E-state index in [1.807, 2.05) is 4.90 Å². The topological polar surface area (TPSA) is 38.8 Å². The predicted octanol–water partition coefficient (Wildman–Crippen LogP) is 6.79. The zero-order valence-electron chi connectivity index (χ0n) is 21.2. The second-order valence-electron chi connectivity index (χ2n) is 11.2. The van der Waals surface area contributed by atoms with Gasteiger partial charge < -0.3 is 9.47 Å². The van der Waals surface area contributed by atoms with Crippen LogP contribution in [-0.2, 0) is 14.9 Å². The van der Waals surface area contributed by atoms with Crippen molar-refractivity contribution in [2.24, 2.45) is 0 Å². The molecule has 0 radical (unpaired) electrons. The molecule has 184 valence electrons. The molecule has 36 heavy (non-hydrogen) atoms. The first-order valence-electron chi connectivity index (χ1n) is 12.9. The number of morpholine rings is 1. The first-order valence-corrected chi connectivity index (χ1v) is 12.9. The summed E-state index contributed by atoms with van der Waals surface area (Å²) in [4.78, 5) is 15.4. The Morgan fingerprint density at radius 1 is 0.944 bits per heavy atom. The second kappa shape index (κ2) is 8.94. The first kappa shape index (κ1) is 23.1. The van der Waals surface area contributed by atoms with Crippen molar-refractivity contribution in [3.05, 3.63) is 101 Å². The average molecular weight is 480 g/mol. The molecule has 3 aromatic carbocycles. The fourth-order valence-corrected chi connectivity index (χ4v) is 5.95. The van der Waals surface area contributed by atoms with E-state index in [1.165, 1.54) is 39.0 Å². The van der Waals surface area contributed by atoms with Crippen molar-refractivity contribution in [2.75, 3.05) is 19.8 Å². The van der Waals surface area contributed by atoms with Crippen molar-refractivity contribution >= 4 is 11.7 Å². The van der Waals surface area contributed by atoms with Crippen LogP contribution in [0.15, 0.2) is 78.9 Å². The molecule has 4 nitrogen and oxygen atoms in total. The number of benzene rings is 3. The van der Waals surface area contributed by atoms with E-state index in [0.717, 1.165) is 6.42 Å². The van der Waals surface area contributed by atoms with Crippen LogP contribution in [0.1, 0.15) is 55.4 Å². The molecule has 0 saturated carbocycles. The van der Waals surface area contributed by atoms with E-state index < -0.39 is 0 Å². The van der Waals surface area contributed by atoms with Crippen LogP contribution in [0, 0.1) is 0 Å². The Balaban J connectivity index is 1.22. The highest BCUT2D eigenvalue weighted by Crippen LogP contribution is 2.44. The molecule has 4 heteroatoms. The fraction of sp³-hybridized carbons (Fsp3) is 0.344. The summed E-state index contributed by atoms with van der Waals surface area (Å²) in [5.41, 5.74) is 8.89. The van der Waals surface area contributed by atoms with E-state index in [1.54, 1.807) is 0 Å². The third-order valence-electron chi connectivity index (χ3n) is 7.84. The molecule has 0 aromatic heterocycles. The van der Waals surface area contributed by atoms with E-state index in [0.29, 0.717) is 19.8 Å². The predicted molar refractivity (Wildman–Crippen MR) is 143 cm³/mol. The fourth-order valence-electron chi connectivity index (χ4n) is 5.95. The van der Waals surface area contributed by atoms with Gasteiger partial charge in [-0.1, -0.05) is 99.6 Å². The van der Waals surface area contributed by atoms with Crippen LogP contribution in [0.3, 0.4) is 0 Å². The Hall–Kier alpha value is -3.37. The Labute approximate surface area is 213 Å². The number of ether oxygens (including phenoxy) is 2. The smallest absolute Gasteiger partial charge is 0.410 e. The molecule has 2 atom stereocenters. The van der Waals surface area contributed by atoms with E-state index in [4.69, 9.17) is 9.47 Å². The lowest BCUT2D eigenvalue weighted by molar-refractivity contribution is -0.0331. The van der Waals surface area contributed by atoms with Gasteiger partial charge in [0.1, 0.15) is 6.61 Å². The molecule has 1 aliphatic carbocycles. The van der Waals surface area contributed by atoms with Crippen LogP contribution >= 0.6 is 0 Å². The summed E-state index contributed by atoms with van der Waals surface area (Å²) in [6, 6.07) is 25.6. The van der Waals surface area contributed by atoms with Gasteiger partial charge in [-0.3, -0.25) is 4.90 Å². The first-order chi connectivity index (χ1) is 17.4. The summed E-state index contributed by atoms with van der Waals surface area (Å²) >= 11 is 0. The lowest BCUT2D eigenvalue weighted by Gasteiger charge is -2.44. The van der Waals surface area contributed by atoms with Crippen LogP contribution in [-0.4, -0.2) is 42.9 Å². The number of carbonyl (C=O) groups excluding carboxylic acids is 1. The second-order valence-corrected chi connectivity index (χ2v) is 11.2. The van der Waals surface area contributed by atoms with Crippen molar-refractivity contribution in [1.82, 2.24) is 4.90 Å². The van der Waals surface area contributed by atoms with Crippen molar-refractivity contribution in [3.63, 3.8) is 0 Å². The van der Waals surface area contributed by atoms with Crippen molar-refractivity contribution in [2.45, 2.75) is 50.6 Å². The normalized spacial score (nSPS) is 21.0. The molecule has 1 fully saturated rings. The van der Waals surface area contributed by atoms with Gasteiger partial charge in [0.2, 0.25) is 0 Å². The third kappa shape index (κ3) is 4.04. The molecule has 2 aliphatic heterocycles. The molecule has 3 aromatic rings. The number of carbonyl (C=O) groups is 1. The summed E-state index contributed by atoms with van der Waals surface area (Å²) in [6.07, 6.45) is 2.74. The van der Waals surface area contributed by atoms with Gasteiger partial charge in [0, 0.05) is 5.92 Å². The maximum absolute atomic E-state index is 13.4. The molecule has 1 saturated heterocycles. The number of hydrogen-bond acceptors (Lipinski definition) is 3. The molecule has 2 bridgehead atoms. The highest BCUT2D eigenvalue weighted by molar-refractivity contribution is 5.79. The van der Waals surface area contributed by atoms with Gasteiger partial charge in [0.25, 0.3) is 0 Å². The summed E-state index contributed by atoms with van der Waals surface area (Å²) in [7, 11) is 0. The van der Waals surface area contributed by atoms with E-state index in [9.17, 15) is 4.79 Å². The molecule has 0 spiro atoms. The Morgan fingerprint density at radius 2 is 1.64 bits per heavy atom. The van der Waals surface area contributed by atoms with E-state index in [-0.39, 0.29) is 29.5 Å². The van der Waals surface area contributed by atoms with E-state index >= 15 is 0 Å². The summed E-state index contributed by atoms with van der Waals surface area (Å²) in [5.74, 6) is 0.0634. The SMILES string of the molecule is CC(C)(C)c1cccc(C2=CC3COCC(C2)N3C(=O)OCC2c3ccccc3-c3ccccc32)c1. The average Bonchev–Trinajstić information content (AvgIpc) is 3.20. The van der Waals surface area contributed by atoms with Gasteiger partial charge in [-0.15, -0.1) is 0 Å². The van der Waals surface area contributed by atoms with Crippen LogP contribution in [0.25, 0.3) is 16.7 Å². The van der Waals surface area contributed by atoms with Gasteiger partial charge in [0.15, 0.2) is 0 Å². The van der Waals surface area contributed by atoms with Gasteiger partial charge in [0.05, 0.1) is 25.3 Å².